The average Bonchev–Trinajstić information content (AvgIpc) is 2.83. The fourth-order valence-electron chi connectivity index (χ4n) is 2.56. The molecule has 1 N–H and O–H groups in total. The highest BCUT2D eigenvalue weighted by molar-refractivity contribution is 5.32. The first-order valence-corrected chi connectivity index (χ1v) is 7.48. The van der Waals surface area contributed by atoms with Crippen molar-refractivity contribution in [1.29, 1.82) is 0 Å². The Morgan fingerprint density at radius 3 is 2.30 bits per heavy atom. The predicted molar refractivity (Wildman–Crippen MR) is 83.9 cm³/mol. The van der Waals surface area contributed by atoms with Crippen molar-refractivity contribution in [3.63, 3.8) is 0 Å². The maximum Gasteiger partial charge on any atom is 0.128 e. The monoisotopic (exact) mass is 271 g/mol. The van der Waals surface area contributed by atoms with E-state index < -0.39 is 0 Å². The maximum absolute atomic E-state index is 5.67. The maximum atomic E-state index is 5.67. The Labute approximate surface area is 122 Å². The topological polar surface area (TPSA) is 25.2 Å². The molecule has 20 heavy (non-hydrogen) atoms. The van der Waals surface area contributed by atoms with Gasteiger partial charge in [-0.1, -0.05) is 45.0 Å². The number of aryl methyl sites for hydroxylation is 1. The number of furan rings is 1. The lowest BCUT2D eigenvalue weighted by atomic mass is 9.97. The van der Waals surface area contributed by atoms with Crippen LogP contribution in [0.3, 0.4) is 0 Å². The van der Waals surface area contributed by atoms with Gasteiger partial charge < -0.3 is 9.73 Å². The van der Waals surface area contributed by atoms with Gasteiger partial charge in [0.1, 0.15) is 5.76 Å². The number of hydrogen-bond donors (Lipinski definition) is 1. The molecule has 0 saturated carbocycles. The lowest BCUT2D eigenvalue weighted by Crippen LogP contribution is -2.22. The Balaban J connectivity index is 2.24. The molecule has 0 bridgehead atoms. The summed E-state index contributed by atoms with van der Waals surface area (Å²) in [6, 6.07) is 11.1. The molecule has 2 heteroatoms. The summed E-state index contributed by atoms with van der Waals surface area (Å²) in [4.78, 5) is 0. The number of benzene rings is 1. The molecule has 0 saturated heterocycles. The summed E-state index contributed by atoms with van der Waals surface area (Å²) in [5, 5.41) is 3.51. The second kappa shape index (κ2) is 6.76. The zero-order chi connectivity index (χ0) is 14.5. The molecular formula is C18H25NO. The van der Waals surface area contributed by atoms with Crippen molar-refractivity contribution >= 4 is 0 Å². The molecule has 108 valence electrons. The van der Waals surface area contributed by atoms with Gasteiger partial charge in [-0.2, -0.15) is 0 Å². The van der Waals surface area contributed by atoms with Crippen molar-refractivity contribution in [2.45, 2.75) is 40.2 Å². The van der Waals surface area contributed by atoms with E-state index in [0.717, 1.165) is 18.7 Å². The van der Waals surface area contributed by atoms with E-state index in [0.29, 0.717) is 5.92 Å². The Kier molecular flexibility index (Phi) is 5.02. The van der Waals surface area contributed by atoms with Crippen LogP contribution >= 0.6 is 0 Å². The molecule has 0 aliphatic rings. The van der Waals surface area contributed by atoms with E-state index in [1.807, 2.05) is 6.07 Å². The van der Waals surface area contributed by atoms with Crippen LogP contribution in [0.25, 0.3) is 0 Å². The zero-order valence-corrected chi connectivity index (χ0v) is 12.9. The summed E-state index contributed by atoms with van der Waals surface area (Å²) in [5.41, 5.74) is 3.86. The molecular weight excluding hydrogens is 246 g/mol. The molecule has 2 nitrogen and oxygen atoms in total. The quantitative estimate of drug-likeness (QED) is 0.837. The Bertz CT molecular complexity index is 525. The Morgan fingerprint density at radius 1 is 1.10 bits per heavy atom. The van der Waals surface area contributed by atoms with Gasteiger partial charge in [0.2, 0.25) is 0 Å². The molecule has 2 aromatic rings. The molecule has 1 aromatic heterocycles. The third-order valence-corrected chi connectivity index (χ3v) is 3.53. The first-order valence-electron chi connectivity index (χ1n) is 7.48. The van der Waals surface area contributed by atoms with Crippen molar-refractivity contribution in [2.24, 2.45) is 5.92 Å². The summed E-state index contributed by atoms with van der Waals surface area (Å²) in [5.74, 6) is 1.71. The van der Waals surface area contributed by atoms with Gasteiger partial charge in [-0.25, -0.2) is 0 Å². The van der Waals surface area contributed by atoms with Crippen LogP contribution in [0.2, 0.25) is 0 Å². The van der Waals surface area contributed by atoms with Crippen molar-refractivity contribution < 1.29 is 4.42 Å². The van der Waals surface area contributed by atoms with E-state index in [2.05, 4.69) is 57.3 Å². The molecule has 0 aliphatic heterocycles. The van der Waals surface area contributed by atoms with Gasteiger partial charge in [0, 0.05) is 0 Å². The molecule has 0 fully saturated rings. The van der Waals surface area contributed by atoms with Gasteiger partial charge in [0.25, 0.3) is 0 Å². The van der Waals surface area contributed by atoms with Crippen LogP contribution in [0.5, 0.6) is 0 Å². The lowest BCUT2D eigenvalue weighted by molar-refractivity contribution is 0.449. The first-order chi connectivity index (χ1) is 9.61. The van der Waals surface area contributed by atoms with E-state index >= 15 is 0 Å². The van der Waals surface area contributed by atoms with Crippen molar-refractivity contribution in [2.75, 3.05) is 6.54 Å². The number of rotatable bonds is 6. The predicted octanol–water partition coefficient (Wildman–Crippen LogP) is 4.49. The molecule has 1 heterocycles. The minimum absolute atomic E-state index is 0.142. The third-order valence-electron chi connectivity index (χ3n) is 3.53. The van der Waals surface area contributed by atoms with Gasteiger partial charge in [-0.3, -0.25) is 0 Å². The summed E-state index contributed by atoms with van der Waals surface area (Å²) in [6.07, 6.45) is 2.90. The summed E-state index contributed by atoms with van der Waals surface area (Å²) in [6.45, 7) is 9.64. The molecule has 1 unspecified atom stereocenters. The fourth-order valence-corrected chi connectivity index (χ4v) is 2.56. The van der Waals surface area contributed by atoms with Crippen molar-refractivity contribution in [3.05, 3.63) is 59.0 Å². The van der Waals surface area contributed by atoms with Crippen LogP contribution in [0.1, 0.15) is 49.3 Å². The molecule has 1 aromatic carbocycles. The highest BCUT2D eigenvalue weighted by Crippen LogP contribution is 2.26. The molecule has 0 spiro atoms. The van der Waals surface area contributed by atoms with E-state index in [-0.39, 0.29) is 6.04 Å². The van der Waals surface area contributed by atoms with Crippen LogP contribution in [-0.4, -0.2) is 6.54 Å². The fraction of sp³-hybridized carbons (Fsp3) is 0.444. The van der Waals surface area contributed by atoms with E-state index in [1.165, 1.54) is 16.7 Å². The molecule has 0 amide bonds. The Hall–Kier alpha value is -1.54. The number of hydrogen-bond acceptors (Lipinski definition) is 2. The third kappa shape index (κ3) is 3.51. The van der Waals surface area contributed by atoms with Gasteiger partial charge >= 0.3 is 0 Å². The van der Waals surface area contributed by atoms with Crippen LogP contribution in [0, 0.1) is 12.8 Å². The van der Waals surface area contributed by atoms with Crippen LogP contribution in [0.15, 0.2) is 41.0 Å². The first kappa shape index (κ1) is 14.9. The Morgan fingerprint density at radius 2 is 1.80 bits per heavy atom. The molecule has 1 atom stereocenters. The number of nitrogens with one attached hydrogen (secondary N) is 1. The van der Waals surface area contributed by atoms with Crippen molar-refractivity contribution in [1.82, 2.24) is 5.32 Å². The largest absolute Gasteiger partial charge is 0.467 e. The highest BCUT2D eigenvalue weighted by Gasteiger charge is 2.18. The molecule has 2 rings (SSSR count). The smallest absolute Gasteiger partial charge is 0.128 e. The molecule has 0 radical (unpaired) electrons. The van der Waals surface area contributed by atoms with Crippen LogP contribution < -0.4 is 5.32 Å². The van der Waals surface area contributed by atoms with Gasteiger partial charge in [-0.15, -0.1) is 0 Å². The average molecular weight is 271 g/mol. The molecule has 0 aliphatic carbocycles. The summed E-state index contributed by atoms with van der Waals surface area (Å²) >= 11 is 0. The van der Waals surface area contributed by atoms with E-state index in [4.69, 9.17) is 4.42 Å². The minimum Gasteiger partial charge on any atom is -0.467 e. The summed E-state index contributed by atoms with van der Waals surface area (Å²) < 4.78 is 5.67. The highest BCUT2D eigenvalue weighted by atomic mass is 16.3. The zero-order valence-electron chi connectivity index (χ0n) is 12.9. The normalized spacial score (nSPS) is 12.8. The van der Waals surface area contributed by atoms with Crippen molar-refractivity contribution in [3.8, 4) is 0 Å². The SMILES string of the molecule is CCNC(c1ccc(CC(C)C)cc1)c1occc1C. The van der Waals surface area contributed by atoms with Gasteiger partial charge in [-0.05, 0) is 48.6 Å². The standard InChI is InChI=1S/C18H25NO/c1-5-19-17(18-14(4)10-11-20-18)16-8-6-15(7-9-16)12-13(2)3/h6-11,13,17,19H,5,12H2,1-4H3. The lowest BCUT2D eigenvalue weighted by Gasteiger charge is -2.18. The minimum atomic E-state index is 0.142. The second-order valence-electron chi connectivity index (χ2n) is 5.80. The van der Waals surface area contributed by atoms with Gasteiger partial charge in [0.05, 0.1) is 12.3 Å². The van der Waals surface area contributed by atoms with Crippen LogP contribution in [-0.2, 0) is 6.42 Å². The summed E-state index contributed by atoms with van der Waals surface area (Å²) in [7, 11) is 0. The van der Waals surface area contributed by atoms with Gasteiger partial charge in [0.15, 0.2) is 0 Å². The van der Waals surface area contributed by atoms with E-state index in [9.17, 15) is 0 Å². The second-order valence-corrected chi connectivity index (χ2v) is 5.80. The van der Waals surface area contributed by atoms with Crippen LogP contribution in [0.4, 0.5) is 0 Å². The van der Waals surface area contributed by atoms with E-state index in [1.54, 1.807) is 6.26 Å².